The standard InChI is InChI=1S/C20H25NO2/c1-14-9-11-18(12-10-14)13-21(5)20(22)17(4)23-19-8-6-7-15(2)16(19)3/h6-12,17H,13H2,1-5H3/t17-/m0/s1. The Bertz CT molecular complexity index is 677. The Labute approximate surface area is 138 Å². The van der Waals surface area contributed by atoms with Crippen molar-refractivity contribution < 1.29 is 9.53 Å². The van der Waals surface area contributed by atoms with E-state index in [2.05, 4.69) is 31.2 Å². The van der Waals surface area contributed by atoms with Gasteiger partial charge in [-0.1, -0.05) is 42.0 Å². The Kier molecular flexibility index (Phi) is 5.43. The Morgan fingerprint density at radius 3 is 2.39 bits per heavy atom. The Morgan fingerprint density at radius 1 is 1.09 bits per heavy atom. The van der Waals surface area contributed by atoms with Gasteiger partial charge in [-0.2, -0.15) is 0 Å². The molecule has 1 atom stereocenters. The second-order valence-corrected chi connectivity index (χ2v) is 6.14. The lowest BCUT2D eigenvalue weighted by Gasteiger charge is -2.23. The number of carbonyl (C=O) groups excluding carboxylic acids is 1. The van der Waals surface area contributed by atoms with E-state index in [-0.39, 0.29) is 5.91 Å². The molecule has 0 aromatic heterocycles. The van der Waals surface area contributed by atoms with Gasteiger partial charge in [0.25, 0.3) is 5.91 Å². The van der Waals surface area contributed by atoms with Crippen molar-refractivity contribution in [3.63, 3.8) is 0 Å². The molecule has 0 N–H and O–H groups in total. The van der Waals surface area contributed by atoms with Gasteiger partial charge in [-0.25, -0.2) is 0 Å². The average Bonchev–Trinajstić information content (AvgIpc) is 2.53. The number of ether oxygens (including phenoxy) is 1. The van der Waals surface area contributed by atoms with Gasteiger partial charge in [0.1, 0.15) is 5.75 Å². The molecule has 0 saturated carbocycles. The monoisotopic (exact) mass is 311 g/mol. The summed E-state index contributed by atoms with van der Waals surface area (Å²) in [5.41, 5.74) is 4.57. The summed E-state index contributed by atoms with van der Waals surface area (Å²) in [6.45, 7) is 8.49. The van der Waals surface area contributed by atoms with Crippen LogP contribution in [0.4, 0.5) is 0 Å². The predicted octanol–water partition coefficient (Wildman–Crippen LogP) is 4.04. The van der Waals surface area contributed by atoms with E-state index in [1.54, 1.807) is 11.8 Å². The largest absolute Gasteiger partial charge is 0.481 e. The summed E-state index contributed by atoms with van der Waals surface area (Å²) >= 11 is 0. The van der Waals surface area contributed by atoms with Crippen LogP contribution in [0.15, 0.2) is 42.5 Å². The van der Waals surface area contributed by atoms with Crippen LogP contribution < -0.4 is 4.74 Å². The van der Waals surface area contributed by atoms with Crippen molar-refractivity contribution in [1.29, 1.82) is 0 Å². The van der Waals surface area contributed by atoms with Crippen molar-refractivity contribution in [2.75, 3.05) is 7.05 Å². The van der Waals surface area contributed by atoms with Gasteiger partial charge in [-0.05, 0) is 50.5 Å². The van der Waals surface area contributed by atoms with Gasteiger partial charge >= 0.3 is 0 Å². The summed E-state index contributed by atoms with van der Waals surface area (Å²) in [6, 6.07) is 14.1. The van der Waals surface area contributed by atoms with E-state index in [9.17, 15) is 4.79 Å². The van der Waals surface area contributed by atoms with Gasteiger partial charge < -0.3 is 9.64 Å². The second kappa shape index (κ2) is 7.32. The van der Waals surface area contributed by atoms with Crippen LogP contribution in [0, 0.1) is 20.8 Å². The summed E-state index contributed by atoms with van der Waals surface area (Å²) in [4.78, 5) is 14.2. The molecule has 2 aromatic carbocycles. The third-order valence-corrected chi connectivity index (χ3v) is 4.12. The normalized spacial score (nSPS) is 11.9. The van der Waals surface area contributed by atoms with Gasteiger partial charge in [0.2, 0.25) is 0 Å². The highest BCUT2D eigenvalue weighted by molar-refractivity contribution is 5.80. The maximum Gasteiger partial charge on any atom is 0.263 e. The molecule has 0 aliphatic carbocycles. The second-order valence-electron chi connectivity index (χ2n) is 6.14. The molecule has 0 spiro atoms. The topological polar surface area (TPSA) is 29.5 Å². The molecule has 0 bridgehead atoms. The van der Waals surface area contributed by atoms with Crippen LogP contribution >= 0.6 is 0 Å². The molecule has 2 aromatic rings. The molecule has 122 valence electrons. The molecule has 0 aliphatic heterocycles. The van der Waals surface area contributed by atoms with Crippen molar-refractivity contribution in [2.45, 2.75) is 40.3 Å². The van der Waals surface area contributed by atoms with Gasteiger partial charge in [-0.3, -0.25) is 4.79 Å². The molecule has 0 heterocycles. The quantitative estimate of drug-likeness (QED) is 0.834. The third-order valence-electron chi connectivity index (χ3n) is 4.12. The van der Waals surface area contributed by atoms with E-state index in [0.29, 0.717) is 6.54 Å². The minimum absolute atomic E-state index is 0.0218. The van der Waals surface area contributed by atoms with E-state index >= 15 is 0 Å². The number of carbonyl (C=O) groups is 1. The summed E-state index contributed by atoms with van der Waals surface area (Å²) in [5.74, 6) is 0.751. The molecule has 0 saturated heterocycles. The first kappa shape index (κ1) is 17.1. The molecule has 0 fully saturated rings. The lowest BCUT2D eigenvalue weighted by molar-refractivity contribution is -0.137. The van der Waals surface area contributed by atoms with Crippen molar-refractivity contribution in [2.24, 2.45) is 0 Å². The predicted molar refractivity (Wildman–Crippen MR) is 93.7 cm³/mol. The van der Waals surface area contributed by atoms with E-state index in [4.69, 9.17) is 4.74 Å². The molecule has 3 heteroatoms. The average molecular weight is 311 g/mol. The SMILES string of the molecule is Cc1ccc(CN(C)C(=O)[C@H](C)Oc2cccc(C)c2C)cc1. The van der Waals surface area contributed by atoms with Crippen LogP contribution in [0.5, 0.6) is 5.75 Å². The summed E-state index contributed by atoms with van der Waals surface area (Å²) < 4.78 is 5.87. The number of nitrogens with zero attached hydrogens (tertiary/aromatic N) is 1. The van der Waals surface area contributed by atoms with Gasteiger partial charge in [-0.15, -0.1) is 0 Å². The molecule has 0 unspecified atom stereocenters. The highest BCUT2D eigenvalue weighted by atomic mass is 16.5. The summed E-state index contributed by atoms with van der Waals surface area (Å²) in [6.07, 6.45) is -0.508. The molecule has 23 heavy (non-hydrogen) atoms. The number of rotatable bonds is 5. The molecule has 3 nitrogen and oxygen atoms in total. The molecule has 2 rings (SSSR count). The zero-order valence-corrected chi connectivity index (χ0v) is 14.6. The maximum atomic E-state index is 12.5. The van der Waals surface area contributed by atoms with Crippen molar-refractivity contribution in [1.82, 2.24) is 4.90 Å². The van der Waals surface area contributed by atoms with Crippen LogP contribution in [0.25, 0.3) is 0 Å². The number of hydrogen-bond donors (Lipinski definition) is 0. The molecular formula is C20H25NO2. The minimum Gasteiger partial charge on any atom is -0.481 e. The van der Waals surface area contributed by atoms with Crippen LogP contribution in [0.1, 0.15) is 29.2 Å². The first-order valence-corrected chi connectivity index (χ1v) is 7.92. The molecular weight excluding hydrogens is 286 g/mol. The number of likely N-dealkylation sites (N-methyl/N-ethyl adjacent to an activating group) is 1. The van der Waals surface area contributed by atoms with Crippen molar-refractivity contribution in [3.05, 3.63) is 64.7 Å². The van der Waals surface area contributed by atoms with Crippen molar-refractivity contribution in [3.8, 4) is 5.75 Å². The zero-order chi connectivity index (χ0) is 17.0. The number of benzene rings is 2. The summed E-state index contributed by atoms with van der Waals surface area (Å²) in [5, 5.41) is 0. The Balaban J connectivity index is 2.01. The lowest BCUT2D eigenvalue weighted by Crippen LogP contribution is -2.37. The van der Waals surface area contributed by atoms with E-state index in [1.165, 1.54) is 5.56 Å². The zero-order valence-electron chi connectivity index (χ0n) is 14.6. The number of amides is 1. The van der Waals surface area contributed by atoms with Crippen LogP contribution in [0.2, 0.25) is 0 Å². The molecule has 0 aliphatic rings. The van der Waals surface area contributed by atoms with Crippen LogP contribution in [-0.4, -0.2) is 24.0 Å². The first-order chi connectivity index (χ1) is 10.9. The fourth-order valence-electron chi connectivity index (χ4n) is 2.45. The fourth-order valence-corrected chi connectivity index (χ4v) is 2.45. The van der Waals surface area contributed by atoms with E-state index in [1.807, 2.05) is 39.1 Å². The summed E-state index contributed by atoms with van der Waals surface area (Å²) in [7, 11) is 1.81. The molecule has 0 radical (unpaired) electrons. The van der Waals surface area contributed by atoms with Gasteiger partial charge in [0, 0.05) is 13.6 Å². The maximum absolute atomic E-state index is 12.5. The van der Waals surface area contributed by atoms with Gasteiger partial charge in [0.15, 0.2) is 6.10 Å². The van der Waals surface area contributed by atoms with Crippen LogP contribution in [0.3, 0.4) is 0 Å². The minimum atomic E-state index is -0.508. The smallest absolute Gasteiger partial charge is 0.263 e. The van der Waals surface area contributed by atoms with E-state index in [0.717, 1.165) is 22.4 Å². The first-order valence-electron chi connectivity index (χ1n) is 7.92. The molecule has 1 amide bonds. The van der Waals surface area contributed by atoms with Gasteiger partial charge in [0.05, 0.1) is 0 Å². The van der Waals surface area contributed by atoms with E-state index < -0.39 is 6.10 Å². The number of aryl methyl sites for hydroxylation is 2. The van der Waals surface area contributed by atoms with Crippen molar-refractivity contribution >= 4 is 5.91 Å². The third kappa shape index (κ3) is 4.35. The lowest BCUT2D eigenvalue weighted by atomic mass is 10.1. The van der Waals surface area contributed by atoms with Crippen LogP contribution in [-0.2, 0) is 11.3 Å². The number of hydrogen-bond acceptors (Lipinski definition) is 2. The fraction of sp³-hybridized carbons (Fsp3) is 0.350. The highest BCUT2D eigenvalue weighted by Gasteiger charge is 2.20. The Morgan fingerprint density at radius 2 is 1.74 bits per heavy atom. The highest BCUT2D eigenvalue weighted by Crippen LogP contribution is 2.22. The Hall–Kier alpha value is -2.29.